The molecule has 1 saturated heterocycles. The first-order chi connectivity index (χ1) is 15.8. The largest absolute Gasteiger partial charge is 0.486 e. The zero-order chi connectivity index (χ0) is 23.4. The summed E-state index contributed by atoms with van der Waals surface area (Å²) in [5.74, 6) is 0.750. The van der Waals surface area contributed by atoms with Crippen molar-refractivity contribution < 1.29 is 31.9 Å². The van der Waals surface area contributed by atoms with Crippen molar-refractivity contribution in [1.82, 2.24) is 9.80 Å². The molecule has 178 valence electrons. The lowest BCUT2D eigenvalue weighted by Gasteiger charge is -2.31. The number of halogens is 3. The lowest BCUT2D eigenvalue weighted by molar-refractivity contribution is -0.162. The number of fused-ring (bicyclic) bond motifs is 1. The number of alkyl halides is 3. The van der Waals surface area contributed by atoms with E-state index in [1.54, 1.807) is 0 Å². The Morgan fingerprint density at radius 3 is 2.39 bits per heavy atom. The van der Waals surface area contributed by atoms with Crippen LogP contribution in [-0.2, 0) is 24.4 Å². The molecule has 0 spiro atoms. The third-order valence-electron chi connectivity index (χ3n) is 5.84. The van der Waals surface area contributed by atoms with Gasteiger partial charge in [-0.25, -0.2) is 4.79 Å². The fourth-order valence-corrected chi connectivity index (χ4v) is 4.09. The molecule has 1 aromatic heterocycles. The number of rotatable bonds is 6. The second kappa shape index (κ2) is 9.86. The fraction of sp³-hybridized carbons (Fsp3) is 0.478. The number of piperidine rings is 1. The van der Waals surface area contributed by atoms with Crippen molar-refractivity contribution in [2.24, 2.45) is 5.92 Å². The van der Waals surface area contributed by atoms with Crippen molar-refractivity contribution in [3.8, 4) is 5.75 Å². The Bertz CT molecular complexity index is 1010. The van der Waals surface area contributed by atoms with Crippen molar-refractivity contribution in [2.45, 2.75) is 38.7 Å². The first kappa shape index (κ1) is 23.2. The smallest absolute Gasteiger partial charge is 0.422 e. The second-order valence-corrected chi connectivity index (χ2v) is 8.40. The van der Waals surface area contributed by atoms with Gasteiger partial charge in [0.25, 0.3) is 0 Å². The van der Waals surface area contributed by atoms with Crippen molar-refractivity contribution in [3.05, 3.63) is 63.7 Å². The quantitative estimate of drug-likeness (QED) is 0.642. The van der Waals surface area contributed by atoms with Gasteiger partial charge in [-0.15, -0.1) is 0 Å². The Labute approximate surface area is 188 Å². The van der Waals surface area contributed by atoms with E-state index >= 15 is 0 Å². The van der Waals surface area contributed by atoms with Gasteiger partial charge >= 0.3 is 12.3 Å². The molecule has 0 bridgehead atoms. The number of hydrogen-bond donors (Lipinski definition) is 0. The van der Waals surface area contributed by atoms with Gasteiger partial charge in [0.15, 0.2) is 6.61 Å². The molecule has 2 aliphatic heterocycles. The van der Waals surface area contributed by atoms with E-state index in [0.717, 1.165) is 13.1 Å². The van der Waals surface area contributed by atoms with Crippen LogP contribution in [0.15, 0.2) is 45.8 Å². The summed E-state index contributed by atoms with van der Waals surface area (Å²) in [7, 11) is 0. The van der Waals surface area contributed by atoms with Gasteiger partial charge in [0.2, 0.25) is 11.2 Å². The molecule has 0 aliphatic carbocycles. The normalized spacial score (nSPS) is 17.1. The number of carbonyl (C=O) groups excluding carboxylic acids is 1. The molecular weight excluding hydrogens is 441 g/mol. The molecule has 4 rings (SSSR count). The van der Waals surface area contributed by atoms with E-state index in [9.17, 15) is 22.8 Å². The molecule has 1 aromatic carbocycles. The molecule has 2 aromatic rings. The molecule has 0 unspecified atom stereocenters. The second-order valence-electron chi connectivity index (χ2n) is 8.40. The Balaban J connectivity index is 1.21. The lowest BCUT2D eigenvalue weighted by Crippen LogP contribution is -2.41. The predicted octanol–water partition coefficient (Wildman–Crippen LogP) is 3.95. The molecule has 7 nitrogen and oxygen atoms in total. The van der Waals surface area contributed by atoms with Gasteiger partial charge in [0, 0.05) is 32.2 Å². The first-order valence-corrected chi connectivity index (χ1v) is 10.8. The molecule has 0 saturated carbocycles. The number of nitrogens with zero attached hydrogens (tertiary/aromatic N) is 2. The summed E-state index contributed by atoms with van der Waals surface area (Å²) < 4.78 is 52.1. The molecule has 3 heterocycles. The molecule has 2 aliphatic rings. The number of hydrogen-bond acceptors (Lipinski definition) is 6. The lowest BCUT2D eigenvalue weighted by atomic mass is 9.98. The summed E-state index contributed by atoms with van der Waals surface area (Å²) in [4.78, 5) is 27.6. The summed E-state index contributed by atoms with van der Waals surface area (Å²) in [6.07, 6.45) is -3.10. The maximum absolute atomic E-state index is 12.4. The third-order valence-corrected chi connectivity index (χ3v) is 5.84. The van der Waals surface area contributed by atoms with Crippen molar-refractivity contribution in [3.63, 3.8) is 0 Å². The maximum atomic E-state index is 12.4. The highest BCUT2D eigenvalue weighted by Crippen LogP contribution is 2.24. The number of amides is 1. The van der Waals surface area contributed by atoms with Crippen LogP contribution in [-0.4, -0.2) is 48.4 Å². The van der Waals surface area contributed by atoms with Crippen LogP contribution in [0.1, 0.15) is 29.7 Å². The van der Waals surface area contributed by atoms with E-state index < -0.39 is 18.9 Å². The van der Waals surface area contributed by atoms with E-state index in [1.807, 2.05) is 12.1 Å². The Morgan fingerprint density at radius 1 is 1.12 bits per heavy atom. The van der Waals surface area contributed by atoms with Crippen LogP contribution in [0.4, 0.5) is 18.0 Å². The minimum atomic E-state index is -4.54. The molecule has 1 fully saturated rings. The van der Waals surface area contributed by atoms with Gasteiger partial charge in [-0.05, 0) is 29.9 Å². The molecule has 10 heteroatoms. The number of benzene rings is 1. The van der Waals surface area contributed by atoms with Crippen LogP contribution < -0.4 is 10.2 Å². The van der Waals surface area contributed by atoms with Gasteiger partial charge in [-0.3, -0.25) is 9.69 Å². The molecule has 1 amide bonds. The molecule has 0 radical (unpaired) electrons. The average Bonchev–Trinajstić information content (AvgIpc) is 3.19. The van der Waals surface area contributed by atoms with E-state index in [1.165, 1.54) is 28.4 Å². The zero-order valence-electron chi connectivity index (χ0n) is 18.0. The van der Waals surface area contributed by atoms with Crippen LogP contribution in [0, 0.1) is 5.92 Å². The summed E-state index contributed by atoms with van der Waals surface area (Å²) in [6, 6.07) is 9.66. The minimum Gasteiger partial charge on any atom is -0.486 e. The molecular formula is C23H25F3N2O5. The van der Waals surface area contributed by atoms with Crippen molar-refractivity contribution in [2.75, 3.05) is 26.3 Å². The summed E-state index contributed by atoms with van der Waals surface area (Å²) in [6.45, 7) is 1.35. The van der Waals surface area contributed by atoms with Gasteiger partial charge in [0.1, 0.15) is 12.0 Å². The van der Waals surface area contributed by atoms with E-state index in [4.69, 9.17) is 9.15 Å². The zero-order valence-corrected chi connectivity index (χ0v) is 18.0. The highest BCUT2D eigenvalue weighted by molar-refractivity contribution is 5.67. The highest BCUT2D eigenvalue weighted by atomic mass is 19.4. The van der Waals surface area contributed by atoms with E-state index in [0.29, 0.717) is 25.1 Å². The van der Waals surface area contributed by atoms with Gasteiger partial charge in [0.05, 0.1) is 13.2 Å². The third kappa shape index (κ3) is 6.28. The summed E-state index contributed by atoms with van der Waals surface area (Å²) in [5.41, 5.74) is 2.29. The number of likely N-dealkylation sites (tertiary alicyclic amines) is 1. The van der Waals surface area contributed by atoms with Gasteiger partial charge in [-0.2, -0.15) is 13.2 Å². The first-order valence-electron chi connectivity index (χ1n) is 10.8. The molecule has 33 heavy (non-hydrogen) atoms. The minimum absolute atomic E-state index is 0.0684. The van der Waals surface area contributed by atoms with E-state index in [2.05, 4.69) is 21.8 Å². The van der Waals surface area contributed by atoms with Crippen LogP contribution in [0.5, 0.6) is 5.75 Å². The average molecular weight is 466 g/mol. The van der Waals surface area contributed by atoms with Crippen LogP contribution in [0.2, 0.25) is 0 Å². The van der Waals surface area contributed by atoms with Gasteiger partial charge < -0.3 is 18.8 Å². The SMILES string of the molecule is O=C(OCC(F)(F)F)N1CCC(COc2coc(CN3Cc4ccccc4C3)cc2=O)CC1. The van der Waals surface area contributed by atoms with Crippen molar-refractivity contribution in [1.29, 1.82) is 0 Å². The Hall–Kier alpha value is -3.01. The maximum Gasteiger partial charge on any atom is 0.422 e. The monoisotopic (exact) mass is 466 g/mol. The van der Waals surface area contributed by atoms with Crippen molar-refractivity contribution >= 4 is 6.09 Å². The van der Waals surface area contributed by atoms with Crippen LogP contribution in [0.25, 0.3) is 0 Å². The molecule has 0 N–H and O–H groups in total. The summed E-state index contributed by atoms with van der Waals surface area (Å²) in [5, 5.41) is 0. The standard InChI is InChI=1S/C23H25F3N2O5/c24-23(25,26)15-33-22(30)28-7-5-16(6-8-28)13-32-21-14-31-19(9-20(21)29)12-27-10-17-3-1-2-4-18(17)11-27/h1-4,9,14,16H,5-8,10-13,15H2. The van der Waals surface area contributed by atoms with Crippen LogP contribution in [0.3, 0.4) is 0 Å². The van der Waals surface area contributed by atoms with Crippen LogP contribution >= 0.6 is 0 Å². The Kier molecular flexibility index (Phi) is 6.92. The summed E-state index contributed by atoms with van der Waals surface area (Å²) >= 11 is 0. The van der Waals surface area contributed by atoms with E-state index in [-0.39, 0.29) is 36.8 Å². The fourth-order valence-electron chi connectivity index (χ4n) is 4.09. The topological polar surface area (TPSA) is 72.2 Å². The number of carbonyl (C=O) groups is 1. The highest BCUT2D eigenvalue weighted by Gasteiger charge is 2.32. The van der Waals surface area contributed by atoms with Gasteiger partial charge in [-0.1, -0.05) is 24.3 Å². The number of ether oxygens (including phenoxy) is 2. The molecule has 0 atom stereocenters. The predicted molar refractivity (Wildman–Crippen MR) is 112 cm³/mol. The Morgan fingerprint density at radius 2 is 1.79 bits per heavy atom.